The van der Waals surface area contributed by atoms with Crippen molar-refractivity contribution in [2.75, 3.05) is 6.54 Å². The van der Waals surface area contributed by atoms with E-state index in [1.54, 1.807) is 0 Å². The minimum atomic E-state index is -5.08. The fourth-order valence-electron chi connectivity index (χ4n) is 2.20. The number of carboxylic acids is 1. The van der Waals surface area contributed by atoms with Gasteiger partial charge in [-0.05, 0) is 19.0 Å². The largest absolute Gasteiger partial charge is 0.490 e. The van der Waals surface area contributed by atoms with E-state index in [-0.39, 0.29) is 23.3 Å². The molecule has 15 heteroatoms. The number of hydrogen-bond donors (Lipinski definition) is 2. The Bertz CT molecular complexity index is 1020. The highest BCUT2D eigenvalue weighted by molar-refractivity contribution is 5.73. The first-order valence-corrected chi connectivity index (χ1v) is 7.76. The molecule has 0 radical (unpaired) electrons. The maximum absolute atomic E-state index is 12.9. The van der Waals surface area contributed by atoms with Crippen LogP contribution in [0.15, 0.2) is 22.9 Å². The summed E-state index contributed by atoms with van der Waals surface area (Å²) >= 11 is 0. The Morgan fingerprint density at radius 1 is 1.28 bits per heavy atom. The molecule has 29 heavy (non-hydrogen) atoms. The van der Waals surface area contributed by atoms with Crippen molar-refractivity contribution in [2.24, 2.45) is 0 Å². The smallest absolute Gasteiger partial charge is 0.475 e. The van der Waals surface area contributed by atoms with E-state index >= 15 is 0 Å². The van der Waals surface area contributed by atoms with Crippen LogP contribution >= 0.6 is 0 Å². The zero-order valence-electron chi connectivity index (χ0n) is 14.0. The molecule has 3 aromatic heterocycles. The average molecular weight is 424 g/mol. The molecule has 0 bridgehead atoms. The molecule has 4 rings (SSSR count). The summed E-state index contributed by atoms with van der Waals surface area (Å²) in [5, 5.41) is 17.9. The number of hydrogen-bond acceptors (Lipinski definition) is 7. The first-order chi connectivity index (χ1) is 13.5. The van der Waals surface area contributed by atoms with Crippen LogP contribution in [0.3, 0.4) is 0 Å². The van der Waals surface area contributed by atoms with Crippen molar-refractivity contribution in [3.8, 4) is 11.6 Å². The molecule has 1 unspecified atom stereocenters. The van der Waals surface area contributed by atoms with Gasteiger partial charge in [-0.15, -0.1) is 0 Å². The standard InChI is InChI=1S/C12H9F3N6O.C2HF3O2/c13-12(14,15)8-2-4-17-9-5-7(19-21(8)9)11-18-10(20-22-11)6-1-3-16-6;3-2(4,5)1(6)7/h2,4-6,16H,1,3H2;(H,6,7). The quantitative estimate of drug-likeness (QED) is 0.603. The number of carboxylic acid groups (broad SMARTS) is 1. The summed E-state index contributed by atoms with van der Waals surface area (Å²) in [6, 6.07) is 2.26. The summed E-state index contributed by atoms with van der Waals surface area (Å²) < 4.78 is 76.4. The summed E-state index contributed by atoms with van der Waals surface area (Å²) in [7, 11) is 0. The number of halogens is 6. The predicted molar refractivity (Wildman–Crippen MR) is 80.3 cm³/mol. The number of carbonyl (C=O) groups is 1. The van der Waals surface area contributed by atoms with Gasteiger partial charge in [0, 0.05) is 12.3 Å². The van der Waals surface area contributed by atoms with Crippen LogP contribution in [-0.4, -0.2) is 48.5 Å². The summed E-state index contributed by atoms with van der Waals surface area (Å²) in [6.07, 6.45) is -7.63. The number of fused-ring (bicyclic) bond motifs is 1. The minimum Gasteiger partial charge on any atom is -0.475 e. The monoisotopic (exact) mass is 424 g/mol. The molecule has 4 heterocycles. The number of nitrogens with one attached hydrogen (secondary N) is 1. The third-order valence-corrected chi connectivity index (χ3v) is 3.69. The second-order valence-corrected chi connectivity index (χ2v) is 5.68. The molecular weight excluding hydrogens is 414 g/mol. The molecule has 0 spiro atoms. The molecule has 0 aliphatic carbocycles. The average Bonchev–Trinajstić information content (AvgIpc) is 3.17. The third kappa shape index (κ3) is 4.44. The highest BCUT2D eigenvalue weighted by Crippen LogP contribution is 2.30. The second-order valence-electron chi connectivity index (χ2n) is 5.68. The van der Waals surface area contributed by atoms with Crippen LogP contribution in [0.1, 0.15) is 24.0 Å². The van der Waals surface area contributed by atoms with E-state index in [4.69, 9.17) is 14.4 Å². The lowest BCUT2D eigenvalue weighted by Crippen LogP contribution is -2.35. The molecule has 1 aliphatic rings. The lowest BCUT2D eigenvalue weighted by atomic mass is 10.1. The SMILES string of the molecule is FC(F)(F)c1ccnc2cc(-c3nc(C4CCN4)no3)nn12.O=C(O)C(F)(F)F. The molecule has 3 aromatic rings. The first kappa shape index (κ1) is 20.5. The van der Waals surface area contributed by atoms with E-state index in [0.717, 1.165) is 29.7 Å². The molecule has 9 nitrogen and oxygen atoms in total. The Balaban J connectivity index is 0.000000298. The van der Waals surface area contributed by atoms with Gasteiger partial charge < -0.3 is 14.9 Å². The van der Waals surface area contributed by atoms with Gasteiger partial charge in [-0.3, -0.25) is 0 Å². The fraction of sp³-hybridized carbons (Fsp3) is 0.357. The number of rotatable bonds is 2. The lowest BCUT2D eigenvalue weighted by molar-refractivity contribution is -0.192. The molecule has 0 amide bonds. The van der Waals surface area contributed by atoms with E-state index < -0.39 is 24.0 Å². The molecule has 0 saturated carbocycles. The van der Waals surface area contributed by atoms with Crippen LogP contribution in [-0.2, 0) is 11.0 Å². The summed E-state index contributed by atoms with van der Waals surface area (Å²) in [4.78, 5) is 16.9. The molecule has 0 aromatic carbocycles. The van der Waals surface area contributed by atoms with Crippen molar-refractivity contribution in [1.82, 2.24) is 30.1 Å². The van der Waals surface area contributed by atoms with Crippen LogP contribution in [0.4, 0.5) is 26.3 Å². The Labute approximate surface area is 156 Å². The van der Waals surface area contributed by atoms with Gasteiger partial charge in [0.15, 0.2) is 17.2 Å². The molecule has 1 aliphatic heterocycles. The molecule has 1 saturated heterocycles. The van der Waals surface area contributed by atoms with Crippen LogP contribution in [0.25, 0.3) is 17.2 Å². The van der Waals surface area contributed by atoms with Crippen molar-refractivity contribution in [1.29, 1.82) is 0 Å². The summed E-state index contributed by atoms with van der Waals surface area (Å²) in [5.41, 5.74) is -0.697. The van der Waals surface area contributed by atoms with Gasteiger partial charge in [0.25, 0.3) is 5.89 Å². The van der Waals surface area contributed by atoms with E-state index in [0.29, 0.717) is 5.82 Å². The highest BCUT2D eigenvalue weighted by atomic mass is 19.4. The minimum absolute atomic E-state index is 0.0263. The highest BCUT2D eigenvalue weighted by Gasteiger charge is 2.38. The van der Waals surface area contributed by atoms with Crippen molar-refractivity contribution >= 4 is 11.6 Å². The number of alkyl halides is 6. The van der Waals surface area contributed by atoms with E-state index in [1.807, 2.05) is 0 Å². The fourth-order valence-corrected chi connectivity index (χ4v) is 2.20. The van der Waals surface area contributed by atoms with E-state index in [1.165, 1.54) is 6.07 Å². The van der Waals surface area contributed by atoms with Crippen LogP contribution in [0, 0.1) is 0 Å². The van der Waals surface area contributed by atoms with Gasteiger partial charge >= 0.3 is 18.3 Å². The van der Waals surface area contributed by atoms with Crippen molar-refractivity contribution < 1.29 is 40.8 Å². The van der Waals surface area contributed by atoms with Gasteiger partial charge in [-0.25, -0.2) is 14.3 Å². The third-order valence-electron chi connectivity index (χ3n) is 3.69. The normalized spacial score (nSPS) is 16.8. The van der Waals surface area contributed by atoms with Gasteiger partial charge in [0.05, 0.1) is 6.04 Å². The van der Waals surface area contributed by atoms with Crippen molar-refractivity contribution in [3.63, 3.8) is 0 Å². The number of aliphatic carboxylic acids is 1. The maximum Gasteiger partial charge on any atom is 0.490 e. The zero-order valence-corrected chi connectivity index (χ0v) is 14.0. The zero-order chi connectivity index (χ0) is 21.4. The van der Waals surface area contributed by atoms with Crippen LogP contribution in [0.5, 0.6) is 0 Å². The molecule has 1 atom stereocenters. The summed E-state index contributed by atoms with van der Waals surface area (Å²) in [6.45, 7) is 0.877. The van der Waals surface area contributed by atoms with Gasteiger partial charge in [-0.1, -0.05) is 5.16 Å². The molecule has 2 N–H and O–H groups in total. The van der Waals surface area contributed by atoms with E-state index in [9.17, 15) is 26.3 Å². The van der Waals surface area contributed by atoms with Gasteiger partial charge in [0.1, 0.15) is 5.69 Å². The number of nitrogens with zero attached hydrogens (tertiary/aromatic N) is 5. The van der Waals surface area contributed by atoms with Crippen LogP contribution < -0.4 is 5.32 Å². The Kier molecular flexibility index (Phi) is 5.16. The number of aromatic nitrogens is 5. The Hall–Kier alpha value is -3.23. The van der Waals surface area contributed by atoms with Gasteiger partial charge in [-0.2, -0.15) is 36.4 Å². The topological polar surface area (TPSA) is 118 Å². The molecular formula is C14H10F6N6O3. The van der Waals surface area contributed by atoms with Crippen molar-refractivity contribution in [2.45, 2.75) is 24.8 Å². The second kappa shape index (κ2) is 7.31. The van der Waals surface area contributed by atoms with Gasteiger partial charge in [0.2, 0.25) is 0 Å². The van der Waals surface area contributed by atoms with Crippen LogP contribution in [0.2, 0.25) is 0 Å². The Morgan fingerprint density at radius 2 is 1.93 bits per heavy atom. The maximum atomic E-state index is 12.9. The lowest BCUT2D eigenvalue weighted by Gasteiger charge is -2.23. The first-order valence-electron chi connectivity index (χ1n) is 7.76. The Morgan fingerprint density at radius 3 is 2.45 bits per heavy atom. The van der Waals surface area contributed by atoms with Crippen molar-refractivity contribution in [3.05, 3.63) is 29.8 Å². The predicted octanol–water partition coefficient (Wildman–Crippen LogP) is 2.47. The summed E-state index contributed by atoms with van der Waals surface area (Å²) in [5.74, 6) is -2.21. The van der Waals surface area contributed by atoms with E-state index in [2.05, 4.69) is 25.5 Å². The molecule has 156 valence electrons. The molecule has 1 fully saturated rings.